The molecule has 0 saturated heterocycles. The molecule has 0 radical (unpaired) electrons. The van der Waals surface area contributed by atoms with Gasteiger partial charge in [0.15, 0.2) is 0 Å². The van der Waals surface area contributed by atoms with E-state index >= 15 is 0 Å². The zero-order valence-corrected chi connectivity index (χ0v) is 23.8. The van der Waals surface area contributed by atoms with Gasteiger partial charge in [-0.2, -0.15) is 24.4 Å². The Morgan fingerprint density at radius 3 is 2.37 bits per heavy atom. The van der Waals surface area contributed by atoms with Crippen LogP contribution in [0.1, 0.15) is 39.8 Å². The molecule has 0 bridgehead atoms. The van der Waals surface area contributed by atoms with Crippen LogP contribution in [0, 0.1) is 23.7 Å². The maximum absolute atomic E-state index is 13.3. The Hall–Kier alpha value is -1.77. The topological polar surface area (TPSA) is 88.3 Å². The van der Waals surface area contributed by atoms with Crippen molar-refractivity contribution in [3.8, 4) is 0 Å². The number of nitrogens with one attached hydrogen (secondary N) is 1. The lowest BCUT2D eigenvalue weighted by molar-refractivity contribution is -0.136. The number of likely N-dealkylation sites (N-methyl/N-ethyl adjacent to an activating group) is 1. The zero-order valence-electron chi connectivity index (χ0n) is 22.1. The SMILES string of the molecule is CSCCC(NC(=O)C(/C=C/C(/C=C/C(N)CS)C(C)C)C(C)C)C(=O)N(C)Cc1ccccn1. The summed E-state index contributed by atoms with van der Waals surface area (Å²) >= 11 is 5.90. The molecule has 0 aromatic carbocycles. The third-order valence-electron chi connectivity index (χ3n) is 5.85. The van der Waals surface area contributed by atoms with E-state index in [0.29, 0.717) is 24.6 Å². The highest BCUT2D eigenvalue weighted by Gasteiger charge is 2.28. The third kappa shape index (κ3) is 11.7. The molecule has 4 atom stereocenters. The number of amides is 2. The summed E-state index contributed by atoms with van der Waals surface area (Å²) in [5, 5.41) is 3.05. The Bertz CT molecular complexity index is 815. The maximum atomic E-state index is 13.3. The summed E-state index contributed by atoms with van der Waals surface area (Å²) in [5.74, 6) is 1.41. The number of carbonyl (C=O) groups is 2. The summed E-state index contributed by atoms with van der Waals surface area (Å²) in [4.78, 5) is 32.5. The molecule has 2 amide bonds. The number of carbonyl (C=O) groups excluding carboxylic acids is 2. The molecule has 0 saturated carbocycles. The summed E-state index contributed by atoms with van der Waals surface area (Å²) in [5.41, 5.74) is 6.79. The lowest BCUT2D eigenvalue weighted by Crippen LogP contribution is -2.49. The van der Waals surface area contributed by atoms with Crippen molar-refractivity contribution >= 4 is 36.2 Å². The Morgan fingerprint density at radius 1 is 1.14 bits per heavy atom. The van der Waals surface area contributed by atoms with Crippen LogP contribution in [0.2, 0.25) is 0 Å². The molecule has 196 valence electrons. The summed E-state index contributed by atoms with van der Waals surface area (Å²) in [6.45, 7) is 8.74. The van der Waals surface area contributed by atoms with Gasteiger partial charge in [0.2, 0.25) is 11.8 Å². The molecule has 0 aliphatic rings. The molecule has 0 aliphatic carbocycles. The van der Waals surface area contributed by atoms with Crippen LogP contribution in [0.4, 0.5) is 0 Å². The highest BCUT2D eigenvalue weighted by atomic mass is 32.2. The van der Waals surface area contributed by atoms with Gasteiger partial charge in [-0.05, 0) is 48.3 Å². The van der Waals surface area contributed by atoms with Crippen LogP contribution < -0.4 is 11.1 Å². The van der Waals surface area contributed by atoms with E-state index in [9.17, 15) is 9.59 Å². The van der Waals surface area contributed by atoms with Gasteiger partial charge < -0.3 is 16.0 Å². The molecule has 8 heteroatoms. The standard InChI is InChI=1S/C27H44N4O2S2/c1-19(2)21(10-12-22(28)18-34)11-13-24(20(3)4)26(32)30-25(14-16-35-6)27(33)31(5)17-23-9-7-8-15-29-23/h7-13,15,19-22,24-25,34H,14,16-18,28H2,1-6H3,(H,30,32)/b12-10+,13-11+. The van der Waals surface area contributed by atoms with Gasteiger partial charge in [0, 0.05) is 25.0 Å². The van der Waals surface area contributed by atoms with Gasteiger partial charge in [0.05, 0.1) is 18.2 Å². The molecule has 35 heavy (non-hydrogen) atoms. The van der Waals surface area contributed by atoms with Gasteiger partial charge in [-0.1, -0.05) is 58.1 Å². The van der Waals surface area contributed by atoms with Crippen molar-refractivity contribution < 1.29 is 9.59 Å². The van der Waals surface area contributed by atoms with E-state index < -0.39 is 6.04 Å². The van der Waals surface area contributed by atoms with Gasteiger partial charge in [-0.25, -0.2) is 0 Å². The van der Waals surface area contributed by atoms with Gasteiger partial charge in [0.1, 0.15) is 6.04 Å². The predicted molar refractivity (Wildman–Crippen MR) is 152 cm³/mol. The summed E-state index contributed by atoms with van der Waals surface area (Å²) < 4.78 is 0. The maximum Gasteiger partial charge on any atom is 0.245 e. The van der Waals surface area contributed by atoms with E-state index in [1.165, 1.54) is 0 Å². The zero-order chi connectivity index (χ0) is 26.4. The monoisotopic (exact) mass is 520 g/mol. The molecule has 1 rings (SSSR count). The lowest BCUT2D eigenvalue weighted by atomic mass is 9.89. The number of thioether (sulfide) groups is 1. The number of hydrogen-bond acceptors (Lipinski definition) is 6. The largest absolute Gasteiger partial charge is 0.344 e. The van der Waals surface area contributed by atoms with Crippen LogP contribution in [-0.2, 0) is 16.1 Å². The second-order valence-corrected chi connectivity index (χ2v) is 10.9. The molecule has 0 aliphatic heterocycles. The summed E-state index contributed by atoms with van der Waals surface area (Å²) in [7, 11) is 1.75. The van der Waals surface area contributed by atoms with Crippen LogP contribution in [0.15, 0.2) is 48.7 Å². The fraction of sp³-hybridized carbons (Fsp3) is 0.593. The first-order valence-corrected chi connectivity index (χ1v) is 14.3. The van der Waals surface area contributed by atoms with Gasteiger partial charge in [0.25, 0.3) is 0 Å². The highest BCUT2D eigenvalue weighted by Crippen LogP contribution is 2.20. The number of thiol groups is 1. The number of pyridine rings is 1. The number of aromatic nitrogens is 1. The van der Waals surface area contributed by atoms with Gasteiger partial charge in [-0.15, -0.1) is 0 Å². The molecule has 3 N–H and O–H groups in total. The first kappa shape index (κ1) is 31.3. The van der Waals surface area contributed by atoms with Crippen molar-refractivity contribution in [3.05, 3.63) is 54.4 Å². The molecule has 0 spiro atoms. The molecular weight excluding hydrogens is 476 g/mol. The van der Waals surface area contributed by atoms with Crippen molar-refractivity contribution in [2.75, 3.05) is 24.8 Å². The molecule has 1 aromatic heterocycles. The van der Waals surface area contributed by atoms with Crippen molar-refractivity contribution in [1.29, 1.82) is 0 Å². The Labute approximate surface area is 222 Å². The number of nitrogens with zero attached hydrogens (tertiary/aromatic N) is 2. The summed E-state index contributed by atoms with van der Waals surface area (Å²) in [6.07, 6.45) is 12.4. The minimum Gasteiger partial charge on any atom is -0.344 e. The predicted octanol–water partition coefficient (Wildman–Crippen LogP) is 4.19. The van der Waals surface area contributed by atoms with Gasteiger partial charge in [-0.3, -0.25) is 14.6 Å². The van der Waals surface area contributed by atoms with Crippen LogP contribution in [0.5, 0.6) is 0 Å². The van der Waals surface area contributed by atoms with E-state index in [0.717, 1.165) is 11.4 Å². The van der Waals surface area contributed by atoms with Crippen LogP contribution in [-0.4, -0.2) is 58.6 Å². The average Bonchev–Trinajstić information content (AvgIpc) is 2.83. The van der Waals surface area contributed by atoms with Crippen molar-refractivity contribution in [2.24, 2.45) is 29.4 Å². The molecule has 0 fully saturated rings. The second kappa shape index (κ2) is 16.8. The van der Waals surface area contributed by atoms with E-state index in [1.807, 2.05) is 50.5 Å². The van der Waals surface area contributed by atoms with Gasteiger partial charge >= 0.3 is 0 Å². The van der Waals surface area contributed by atoms with Crippen LogP contribution in [0.25, 0.3) is 0 Å². The summed E-state index contributed by atoms with van der Waals surface area (Å²) in [6, 6.07) is 4.97. The van der Waals surface area contributed by atoms with Crippen LogP contribution >= 0.6 is 24.4 Å². The minimum atomic E-state index is -0.576. The third-order valence-corrected chi connectivity index (χ3v) is 6.92. The highest BCUT2D eigenvalue weighted by molar-refractivity contribution is 7.98. The van der Waals surface area contributed by atoms with Crippen molar-refractivity contribution in [2.45, 2.75) is 52.7 Å². The fourth-order valence-electron chi connectivity index (χ4n) is 3.54. The van der Waals surface area contributed by atoms with E-state index in [1.54, 1.807) is 29.9 Å². The first-order valence-electron chi connectivity index (χ1n) is 12.3. The molecule has 4 unspecified atom stereocenters. The number of nitrogens with two attached hydrogens (primary N) is 1. The Morgan fingerprint density at radius 2 is 1.83 bits per heavy atom. The molecule has 1 heterocycles. The Balaban J connectivity index is 2.99. The number of allylic oxidation sites excluding steroid dienone is 2. The minimum absolute atomic E-state index is 0.0882. The van der Waals surface area contributed by atoms with Crippen molar-refractivity contribution in [3.63, 3.8) is 0 Å². The Kier molecular flexibility index (Phi) is 15.0. The number of rotatable bonds is 15. The lowest BCUT2D eigenvalue weighted by Gasteiger charge is -2.27. The van der Waals surface area contributed by atoms with Crippen LogP contribution in [0.3, 0.4) is 0 Å². The molecular formula is C27H44N4O2S2. The average molecular weight is 521 g/mol. The number of hydrogen-bond donors (Lipinski definition) is 3. The molecule has 6 nitrogen and oxygen atoms in total. The first-order chi connectivity index (χ1) is 16.6. The second-order valence-electron chi connectivity index (χ2n) is 9.57. The normalized spacial score (nSPS) is 15.5. The molecule has 1 aromatic rings. The van der Waals surface area contributed by atoms with E-state index in [2.05, 4.69) is 48.9 Å². The fourth-order valence-corrected chi connectivity index (χ4v) is 4.13. The quantitative estimate of drug-likeness (QED) is 0.238. The smallest absolute Gasteiger partial charge is 0.245 e. The van der Waals surface area contributed by atoms with E-state index in [-0.39, 0.29) is 35.6 Å². The van der Waals surface area contributed by atoms with E-state index in [4.69, 9.17) is 5.73 Å². The van der Waals surface area contributed by atoms with Crippen molar-refractivity contribution in [1.82, 2.24) is 15.2 Å².